The molecular formula is C22H22N4O3. The van der Waals surface area contributed by atoms with E-state index in [9.17, 15) is 9.59 Å². The summed E-state index contributed by atoms with van der Waals surface area (Å²) < 4.78 is 7.40. The molecule has 7 nitrogen and oxygen atoms in total. The van der Waals surface area contributed by atoms with Crippen molar-refractivity contribution < 1.29 is 14.3 Å². The lowest BCUT2D eigenvalue weighted by Crippen LogP contribution is -2.34. The second-order valence-electron chi connectivity index (χ2n) is 6.92. The van der Waals surface area contributed by atoms with Gasteiger partial charge in [-0.3, -0.25) is 14.3 Å². The van der Waals surface area contributed by atoms with E-state index in [1.165, 1.54) is 0 Å². The smallest absolute Gasteiger partial charge is 0.265 e. The summed E-state index contributed by atoms with van der Waals surface area (Å²) in [5, 5.41) is 10.1. The van der Waals surface area contributed by atoms with Gasteiger partial charge < -0.3 is 15.4 Å². The summed E-state index contributed by atoms with van der Waals surface area (Å²) in [6.45, 7) is 4.30. The molecule has 4 rings (SSSR count). The molecule has 2 aromatic carbocycles. The van der Waals surface area contributed by atoms with Crippen molar-refractivity contribution in [2.75, 3.05) is 10.6 Å². The van der Waals surface area contributed by atoms with Crippen LogP contribution in [0, 0.1) is 0 Å². The molecule has 1 aromatic heterocycles. The standard InChI is InChI=1S/C22H22N4O3/c1-3-19-17(12-23-26(19)13-15-7-5-4-6-8-15)22(28)24-16-9-10-20-18(11-16)25-21(27)14(2)29-20/h4-12,14H,3,13H2,1-2H3,(H,24,28)(H,25,27). The first-order valence-corrected chi connectivity index (χ1v) is 9.56. The van der Waals surface area contributed by atoms with Crippen LogP contribution in [0.1, 0.15) is 35.5 Å². The maximum Gasteiger partial charge on any atom is 0.265 e. The fourth-order valence-electron chi connectivity index (χ4n) is 3.35. The van der Waals surface area contributed by atoms with Gasteiger partial charge in [0.05, 0.1) is 29.7 Å². The van der Waals surface area contributed by atoms with Crippen molar-refractivity contribution in [2.24, 2.45) is 0 Å². The van der Waals surface area contributed by atoms with E-state index >= 15 is 0 Å². The molecule has 2 heterocycles. The molecule has 0 saturated heterocycles. The Morgan fingerprint density at radius 3 is 2.79 bits per heavy atom. The molecular weight excluding hydrogens is 368 g/mol. The van der Waals surface area contributed by atoms with E-state index in [4.69, 9.17) is 4.74 Å². The van der Waals surface area contributed by atoms with Gasteiger partial charge in [-0.05, 0) is 37.1 Å². The third kappa shape index (κ3) is 3.85. The quantitative estimate of drug-likeness (QED) is 0.699. The van der Waals surface area contributed by atoms with E-state index in [0.717, 1.165) is 11.3 Å². The Kier molecular flexibility index (Phi) is 5.03. The summed E-state index contributed by atoms with van der Waals surface area (Å²) in [6, 6.07) is 15.2. The lowest BCUT2D eigenvalue weighted by Gasteiger charge is -2.23. The van der Waals surface area contributed by atoms with Crippen LogP contribution in [0.3, 0.4) is 0 Å². The highest BCUT2D eigenvalue weighted by atomic mass is 16.5. The van der Waals surface area contributed by atoms with Crippen LogP contribution in [0.15, 0.2) is 54.7 Å². The van der Waals surface area contributed by atoms with Gasteiger partial charge in [0.2, 0.25) is 0 Å². The van der Waals surface area contributed by atoms with Crippen LogP contribution >= 0.6 is 0 Å². The Bertz CT molecular complexity index is 1060. The maximum absolute atomic E-state index is 12.9. The number of benzene rings is 2. The van der Waals surface area contributed by atoms with Crippen LogP contribution in [-0.2, 0) is 17.8 Å². The zero-order valence-corrected chi connectivity index (χ0v) is 16.3. The molecule has 0 spiro atoms. The molecule has 0 radical (unpaired) electrons. The van der Waals surface area contributed by atoms with Crippen molar-refractivity contribution in [1.29, 1.82) is 0 Å². The number of amides is 2. The molecule has 29 heavy (non-hydrogen) atoms. The summed E-state index contributed by atoms with van der Waals surface area (Å²) in [7, 11) is 0. The van der Waals surface area contributed by atoms with Gasteiger partial charge in [0.15, 0.2) is 6.10 Å². The number of nitrogens with zero attached hydrogens (tertiary/aromatic N) is 2. The molecule has 0 saturated carbocycles. The SMILES string of the molecule is CCc1c(C(=O)Nc2ccc3c(c2)NC(=O)C(C)O3)cnn1Cc1ccccc1. The van der Waals surface area contributed by atoms with Gasteiger partial charge in [-0.2, -0.15) is 5.10 Å². The fraction of sp³-hybridized carbons (Fsp3) is 0.227. The number of rotatable bonds is 5. The van der Waals surface area contributed by atoms with Crippen molar-refractivity contribution in [3.63, 3.8) is 0 Å². The topological polar surface area (TPSA) is 85.2 Å². The van der Waals surface area contributed by atoms with Gasteiger partial charge in [-0.15, -0.1) is 0 Å². The van der Waals surface area contributed by atoms with Crippen LogP contribution in [0.2, 0.25) is 0 Å². The molecule has 2 N–H and O–H groups in total. The lowest BCUT2D eigenvalue weighted by atomic mass is 10.1. The van der Waals surface area contributed by atoms with Crippen molar-refractivity contribution in [3.8, 4) is 5.75 Å². The van der Waals surface area contributed by atoms with Gasteiger partial charge in [0, 0.05) is 5.69 Å². The molecule has 7 heteroatoms. The number of hydrogen-bond donors (Lipinski definition) is 2. The van der Waals surface area contributed by atoms with E-state index in [2.05, 4.69) is 15.7 Å². The third-order valence-corrected chi connectivity index (χ3v) is 4.87. The highest BCUT2D eigenvalue weighted by Crippen LogP contribution is 2.32. The van der Waals surface area contributed by atoms with Crippen LogP contribution < -0.4 is 15.4 Å². The second kappa shape index (κ2) is 7.79. The Morgan fingerprint density at radius 2 is 2.03 bits per heavy atom. The fourth-order valence-corrected chi connectivity index (χ4v) is 3.35. The number of anilines is 2. The number of ether oxygens (including phenoxy) is 1. The van der Waals surface area contributed by atoms with Crippen molar-refractivity contribution in [1.82, 2.24) is 9.78 Å². The summed E-state index contributed by atoms with van der Waals surface area (Å²) >= 11 is 0. The molecule has 1 atom stereocenters. The molecule has 0 aliphatic carbocycles. The number of hydrogen-bond acceptors (Lipinski definition) is 4. The van der Waals surface area contributed by atoms with Crippen molar-refractivity contribution in [2.45, 2.75) is 32.9 Å². The first-order chi connectivity index (χ1) is 14.0. The largest absolute Gasteiger partial charge is 0.479 e. The third-order valence-electron chi connectivity index (χ3n) is 4.87. The number of fused-ring (bicyclic) bond motifs is 1. The van der Waals surface area contributed by atoms with Crippen molar-refractivity contribution >= 4 is 23.2 Å². The zero-order chi connectivity index (χ0) is 20.4. The van der Waals surface area contributed by atoms with Gasteiger partial charge in [-0.1, -0.05) is 37.3 Å². The first kappa shape index (κ1) is 18.7. The lowest BCUT2D eigenvalue weighted by molar-refractivity contribution is -0.122. The molecule has 148 valence electrons. The molecule has 1 aliphatic heterocycles. The normalized spacial score (nSPS) is 15.2. The monoisotopic (exact) mass is 390 g/mol. The molecule has 0 bridgehead atoms. The average molecular weight is 390 g/mol. The number of aromatic nitrogens is 2. The van der Waals surface area contributed by atoms with Crippen LogP contribution in [0.4, 0.5) is 11.4 Å². The Hall–Kier alpha value is -3.61. The van der Waals surface area contributed by atoms with Gasteiger partial charge >= 0.3 is 0 Å². The first-order valence-electron chi connectivity index (χ1n) is 9.56. The Morgan fingerprint density at radius 1 is 1.24 bits per heavy atom. The van der Waals surface area contributed by atoms with Crippen LogP contribution in [0.25, 0.3) is 0 Å². The van der Waals surface area contributed by atoms with E-state index in [1.54, 1.807) is 31.3 Å². The number of carbonyl (C=O) groups excluding carboxylic acids is 2. The Balaban J connectivity index is 1.53. The summed E-state index contributed by atoms with van der Waals surface area (Å²) in [5.74, 6) is 0.133. The molecule has 0 fully saturated rings. The highest BCUT2D eigenvalue weighted by molar-refractivity contribution is 6.06. The van der Waals surface area contributed by atoms with Gasteiger partial charge in [0.1, 0.15) is 5.75 Å². The highest BCUT2D eigenvalue weighted by Gasteiger charge is 2.24. The van der Waals surface area contributed by atoms with Crippen LogP contribution in [0.5, 0.6) is 5.75 Å². The number of carbonyl (C=O) groups is 2. The summed E-state index contributed by atoms with van der Waals surface area (Å²) in [6.07, 6.45) is 1.74. The average Bonchev–Trinajstić information content (AvgIpc) is 3.12. The van der Waals surface area contributed by atoms with Gasteiger partial charge in [-0.25, -0.2) is 0 Å². The minimum Gasteiger partial charge on any atom is -0.479 e. The van der Waals surface area contributed by atoms with E-state index in [0.29, 0.717) is 35.7 Å². The Labute approximate surface area is 168 Å². The number of nitrogens with one attached hydrogen (secondary N) is 2. The van der Waals surface area contributed by atoms with Gasteiger partial charge in [0.25, 0.3) is 11.8 Å². The zero-order valence-electron chi connectivity index (χ0n) is 16.3. The predicted octanol–water partition coefficient (Wildman–Crippen LogP) is 3.47. The minimum absolute atomic E-state index is 0.212. The van der Waals surface area contributed by atoms with E-state index < -0.39 is 6.10 Å². The second-order valence-corrected chi connectivity index (χ2v) is 6.92. The molecule has 1 aliphatic rings. The van der Waals surface area contributed by atoms with E-state index in [1.807, 2.05) is 41.9 Å². The molecule has 1 unspecified atom stereocenters. The molecule has 2 amide bonds. The summed E-state index contributed by atoms with van der Waals surface area (Å²) in [5.41, 5.74) is 3.65. The predicted molar refractivity (Wildman–Crippen MR) is 110 cm³/mol. The maximum atomic E-state index is 12.9. The van der Waals surface area contributed by atoms with Crippen LogP contribution in [-0.4, -0.2) is 27.7 Å². The minimum atomic E-state index is -0.537. The van der Waals surface area contributed by atoms with E-state index in [-0.39, 0.29) is 11.8 Å². The van der Waals surface area contributed by atoms with Crippen molar-refractivity contribution in [3.05, 3.63) is 71.5 Å². The molecule has 3 aromatic rings. The summed E-state index contributed by atoms with van der Waals surface area (Å²) in [4.78, 5) is 24.7.